The highest BCUT2D eigenvalue weighted by Crippen LogP contribution is 2.30. The molecule has 2 aromatic carbocycles. The van der Waals surface area contributed by atoms with Crippen molar-refractivity contribution in [2.75, 3.05) is 0 Å². The zero-order valence-electron chi connectivity index (χ0n) is 13.6. The van der Waals surface area contributed by atoms with Crippen molar-refractivity contribution in [1.82, 2.24) is 0 Å². The van der Waals surface area contributed by atoms with E-state index in [2.05, 4.69) is 9.47 Å². The van der Waals surface area contributed by atoms with Gasteiger partial charge in [0.25, 0.3) is 0 Å². The average Bonchev–Trinajstić information content (AvgIpc) is 2.72. The predicted octanol–water partition coefficient (Wildman–Crippen LogP) is 4.14. The number of hydrogen-bond acceptors (Lipinski definition) is 4. The van der Waals surface area contributed by atoms with Crippen molar-refractivity contribution in [2.45, 2.75) is 0 Å². The molecule has 2 aromatic rings. The summed E-state index contributed by atoms with van der Waals surface area (Å²) in [5.74, 6) is -33.0. The molecule has 0 unspecified atom stereocenters. The van der Waals surface area contributed by atoms with Gasteiger partial charge >= 0.3 is 11.9 Å². The number of benzene rings is 2. The summed E-state index contributed by atoms with van der Waals surface area (Å²) in [6.45, 7) is 0. The van der Waals surface area contributed by atoms with E-state index in [1.165, 1.54) is 0 Å². The first-order valence-corrected chi connectivity index (χ1v) is 7.03. The van der Waals surface area contributed by atoms with Gasteiger partial charge in [-0.1, -0.05) is 0 Å². The van der Waals surface area contributed by atoms with E-state index in [-0.39, 0.29) is 12.2 Å². The fourth-order valence-electron chi connectivity index (χ4n) is 1.75. The van der Waals surface area contributed by atoms with Gasteiger partial charge in [0.15, 0.2) is 0 Å². The van der Waals surface area contributed by atoms with E-state index in [0.717, 1.165) is 0 Å². The van der Waals surface area contributed by atoms with Gasteiger partial charge in [-0.2, -0.15) is 17.6 Å². The van der Waals surface area contributed by atoms with E-state index >= 15 is 0 Å². The van der Waals surface area contributed by atoms with Crippen molar-refractivity contribution in [1.29, 1.82) is 0 Å². The molecule has 0 amide bonds. The molecule has 0 N–H and O–H groups in total. The second kappa shape index (κ2) is 8.42. The number of carbonyl (C=O) groups excluding carboxylic acids is 2. The van der Waals surface area contributed by atoms with E-state index < -0.39 is 81.6 Å². The lowest BCUT2D eigenvalue weighted by molar-refractivity contribution is -0.132. The van der Waals surface area contributed by atoms with E-state index in [4.69, 9.17) is 0 Å². The molecule has 0 aromatic heterocycles. The van der Waals surface area contributed by atoms with Gasteiger partial charge in [-0.3, -0.25) is 0 Å². The third-order valence-corrected chi connectivity index (χ3v) is 3.10. The quantitative estimate of drug-likeness (QED) is 0.176. The monoisotopic (exact) mass is 448 g/mol. The number of rotatable bonds is 4. The van der Waals surface area contributed by atoms with Crippen molar-refractivity contribution >= 4 is 11.9 Å². The van der Waals surface area contributed by atoms with Gasteiger partial charge in [0.05, 0.1) is 0 Å². The maximum atomic E-state index is 13.3. The first-order valence-electron chi connectivity index (χ1n) is 7.03. The minimum atomic E-state index is -2.55. The van der Waals surface area contributed by atoms with Crippen molar-refractivity contribution in [3.63, 3.8) is 0 Å². The van der Waals surface area contributed by atoms with Crippen LogP contribution in [0.4, 0.5) is 43.9 Å². The zero-order valence-corrected chi connectivity index (χ0v) is 13.6. The van der Waals surface area contributed by atoms with Gasteiger partial charge in [-0.15, -0.1) is 0 Å². The lowest BCUT2D eigenvalue weighted by atomic mass is 10.2. The normalized spacial score (nSPS) is 11.1. The summed E-state index contributed by atoms with van der Waals surface area (Å²) in [6.07, 6.45) is -0.126. The fraction of sp³-hybridized carbons (Fsp3) is 0. The number of hydrogen-bond donors (Lipinski definition) is 0. The summed E-state index contributed by atoms with van der Waals surface area (Å²) >= 11 is 0. The van der Waals surface area contributed by atoms with Crippen molar-refractivity contribution in [2.24, 2.45) is 0 Å². The van der Waals surface area contributed by atoms with Crippen molar-refractivity contribution < 1.29 is 63.0 Å². The molecule has 0 atom stereocenters. The maximum absolute atomic E-state index is 13.3. The molecule has 0 bridgehead atoms. The lowest BCUT2D eigenvalue weighted by Crippen LogP contribution is -2.14. The van der Waals surface area contributed by atoms with Gasteiger partial charge < -0.3 is 9.47 Å². The Morgan fingerprint density at radius 3 is 0.867 bits per heavy atom. The van der Waals surface area contributed by atoms with Crippen LogP contribution in [0.3, 0.4) is 0 Å². The average molecular weight is 448 g/mol. The molecular formula is C16H2F10O4. The Bertz CT molecular complexity index is 953. The van der Waals surface area contributed by atoms with Gasteiger partial charge in [-0.25, -0.2) is 35.9 Å². The van der Waals surface area contributed by atoms with Gasteiger partial charge in [0.2, 0.25) is 69.7 Å². The van der Waals surface area contributed by atoms with E-state index in [1.807, 2.05) is 0 Å². The van der Waals surface area contributed by atoms with Crippen LogP contribution in [0.1, 0.15) is 0 Å². The van der Waals surface area contributed by atoms with Gasteiger partial charge in [-0.05, 0) is 0 Å². The first-order chi connectivity index (χ1) is 13.9. The number of carbonyl (C=O) groups is 2. The topological polar surface area (TPSA) is 52.6 Å². The number of ether oxygens (including phenoxy) is 2. The molecule has 160 valence electrons. The molecular weight excluding hydrogens is 446 g/mol. The Hall–Kier alpha value is -3.58. The Morgan fingerprint density at radius 2 is 0.633 bits per heavy atom. The van der Waals surface area contributed by atoms with Gasteiger partial charge in [0, 0.05) is 12.2 Å². The number of halogens is 10. The van der Waals surface area contributed by atoms with E-state index in [1.54, 1.807) is 0 Å². The standard InChI is InChI=1S/C16H2F10O4/c17-5-7(19)11(23)15(12(24)8(5)20)29-3(27)1-2-4(28)30-16-13(25)9(21)6(18)10(22)14(16)26/h1-2H/b2-1+. The third kappa shape index (κ3) is 4.06. The molecule has 0 heterocycles. The molecule has 4 nitrogen and oxygen atoms in total. The van der Waals surface area contributed by atoms with Crippen molar-refractivity contribution in [3.05, 3.63) is 70.3 Å². The highest BCUT2D eigenvalue weighted by Gasteiger charge is 2.29. The molecule has 0 aliphatic carbocycles. The molecule has 0 spiro atoms. The summed E-state index contributed by atoms with van der Waals surface area (Å²) in [7, 11) is 0. The molecule has 0 saturated heterocycles. The summed E-state index contributed by atoms with van der Waals surface area (Å²) in [5.41, 5.74) is 0. The minimum absolute atomic E-state index is 0.0631. The Balaban J connectivity index is 2.21. The molecule has 0 radical (unpaired) electrons. The zero-order chi connectivity index (χ0) is 22.9. The SMILES string of the molecule is O=C(/C=C/C(=O)Oc1c(F)c(F)c(F)c(F)c1F)Oc1c(F)c(F)c(F)c(F)c1F. The summed E-state index contributed by atoms with van der Waals surface area (Å²) in [4.78, 5) is 22.7. The van der Waals surface area contributed by atoms with Crippen LogP contribution in [0.2, 0.25) is 0 Å². The van der Waals surface area contributed by atoms with Crippen molar-refractivity contribution in [3.8, 4) is 11.5 Å². The summed E-state index contributed by atoms with van der Waals surface area (Å²) in [5, 5.41) is 0. The van der Waals surface area contributed by atoms with Crippen LogP contribution in [0.5, 0.6) is 11.5 Å². The predicted molar refractivity (Wildman–Crippen MR) is 72.9 cm³/mol. The van der Waals surface area contributed by atoms with Crippen LogP contribution >= 0.6 is 0 Å². The Morgan fingerprint density at radius 1 is 0.433 bits per heavy atom. The maximum Gasteiger partial charge on any atom is 0.336 e. The lowest BCUT2D eigenvalue weighted by Gasteiger charge is -2.08. The van der Waals surface area contributed by atoms with Crippen LogP contribution in [0.15, 0.2) is 12.2 Å². The van der Waals surface area contributed by atoms with Crippen LogP contribution in [0, 0.1) is 58.2 Å². The molecule has 30 heavy (non-hydrogen) atoms. The van der Waals surface area contributed by atoms with Crippen LogP contribution in [-0.2, 0) is 9.59 Å². The third-order valence-electron chi connectivity index (χ3n) is 3.10. The van der Waals surface area contributed by atoms with E-state index in [9.17, 15) is 53.5 Å². The molecule has 0 aliphatic rings. The molecule has 0 aliphatic heterocycles. The Labute approximate surface area is 157 Å². The van der Waals surface area contributed by atoms with E-state index in [0.29, 0.717) is 0 Å². The number of esters is 2. The van der Waals surface area contributed by atoms with Crippen LogP contribution < -0.4 is 9.47 Å². The fourth-order valence-corrected chi connectivity index (χ4v) is 1.75. The molecule has 0 fully saturated rings. The Kier molecular flexibility index (Phi) is 6.38. The van der Waals surface area contributed by atoms with Crippen LogP contribution in [0.25, 0.3) is 0 Å². The summed E-state index contributed by atoms with van der Waals surface area (Å²) in [6, 6.07) is 0. The van der Waals surface area contributed by atoms with Gasteiger partial charge in [0.1, 0.15) is 0 Å². The van der Waals surface area contributed by atoms with Crippen LogP contribution in [-0.4, -0.2) is 11.9 Å². The minimum Gasteiger partial charge on any atom is -0.417 e. The first kappa shape index (κ1) is 22.7. The summed E-state index contributed by atoms with van der Waals surface area (Å²) < 4.78 is 139. The highest BCUT2D eigenvalue weighted by molar-refractivity contribution is 5.93. The highest BCUT2D eigenvalue weighted by atomic mass is 19.2. The molecule has 2 rings (SSSR count). The molecule has 14 heteroatoms. The largest absolute Gasteiger partial charge is 0.417 e. The molecule has 0 saturated carbocycles. The second-order valence-electron chi connectivity index (χ2n) is 4.97. The smallest absolute Gasteiger partial charge is 0.336 e. The second-order valence-corrected chi connectivity index (χ2v) is 4.97.